The molecule has 3 aromatic rings. The van der Waals surface area contributed by atoms with E-state index in [1.165, 1.54) is 31.7 Å². The van der Waals surface area contributed by atoms with Crippen LogP contribution in [0.1, 0.15) is 38.5 Å². The van der Waals surface area contributed by atoms with Gasteiger partial charge < -0.3 is 4.90 Å². The molecule has 0 radical (unpaired) electrons. The van der Waals surface area contributed by atoms with Crippen LogP contribution in [0.5, 0.6) is 0 Å². The molecule has 6 rings (SSSR count). The fraction of sp³-hybridized carbons (Fsp3) is 0.458. The summed E-state index contributed by atoms with van der Waals surface area (Å²) in [6.45, 7) is 3.32. The Hall–Kier alpha value is -2.52. The number of anilines is 2. The zero-order valence-corrected chi connectivity index (χ0v) is 20.0. The van der Waals surface area contributed by atoms with Gasteiger partial charge in [-0.3, -0.25) is 4.84 Å². The maximum absolute atomic E-state index is 14.5. The van der Waals surface area contributed by atoms with Crippen molar-refractivity contribution < 1.29 is 9.23 Å². The fourth-order valence-electron chi connectivity index (χ4n) is 4.85. The molecule has 2 saturated heterocycles. The summed E-state index contributed by atoms with van der Waals surface area (Å²) in [4.78, 5) is 12.6. The highest BCUT2D eigenvalue weighted by molar-refractivity contribution is 9.10. The van der Waals surface area contributed by atoms with Crippen LogP contribution in [0.25, 0.3) is 17.1 Å². The number of piperidine rings is 1. The number of aromatic nitrogens is 4. The van der Waals surface area contributed by atoms with Crippen molar-refractivity contribution in [3.63, 3.8) is 0 Å². The standard InChI is InChI=1S/C24H26BrFN6O/c25-17-3-6-21(22(15-17)30-12-9-24(7-8-24)10-13-30)31-16-20(28-29-31)19-5-4-18(26)23(27-19)32-11-1-2-14-33-32/h3-6,15-16H,1-2,7-14H2. The van der Waals surface area contributed by atoms with Crippen LogP contribution < -0.4 is 9.96 Å². The number of hydrogen-bond acceptors (Lipinski definition) is 6. The van der Waals surface area contributed by atoms with Crippen molar-refractivity contribution in [2.24, 2.45) is 5.41 Å². The Morgan fingerprint density at radius 1 is 0.939 bits per heavy atom. The van der Waals surface area contributed by atoms with E-state index in [-0.39, 0.29) is 5.82 Å². The van der Waals surface area contributed by atoms with Gasteiger partial charge >= 0.3 is 0 Å². The van der Waals surface area contributed by atoms with Crippen LogP contribution in [0.4, 0.5) is 15.9 Å². The van der Waals surface area contributed by atoms with Crippen LogP contribution in [0.15, 0.2) is 41.0 Å². The topological polar surface area (TPSA) is 59.3 Å². The molecule has 0 N–H and O–H groups in total. The number of benzene rings is 1. The molecule has 1 aliphatic carbocycles. The highest BCUT2D eigenvalue weighted by atomic mass is 79.9. The van der Waals surface area contributed by atoms with E-state index < -0.39 is 5.82 Å². The summed E-state index contributed by atoms with van der Waals surface area (Å²) in [6.07, 6.45) is 9.05. The molecule has 0 amide bonds. The van der Waals surface area contributed by atoms with Crippen molar-refractivity contribution in [2.45, 2.75) is 38.5 Å². The zero-order valence-electron chi connectivity index (χ0n) is 18.4. The fourth-order valence-corrected chi connectivity index (χ4v) is 5.20. The Labute approximate surface area is 200 Å². The summed E-state index contributed by atoms with van der Waals surface area (Å²) in [5.74, 6) is -0.199. The van der Waals surface area contributed by atoms with E-state index >= 15 is 0 Å². The monoisotopic (exact) mass is 512 g/mol. The minimum atomic E-state index is -0.401. The average molecular weight is 513 g/mol. The lowest BCUT2D eigenvalue weighted by Gasteiger charge is -2.35. The second-order valence-electron chi connectivity index (χ2n) is 9.31. The number of nitrogens with zero attached hydrogens (tertiary/aromatic N) is 6. The van der Waals surface area contributed by atoms with Gasteiger partial charge in [0.05, 0.1) is 29.9 Å². The van der Waals surface area contributed by atoms with Crippen molar-refractivity contribution in [2.75, 3.05) is 36.2 Å². The summed E-state index contributed by atoms with van der Waals surface area (Å²) in [7, 11) is 0. The van der Waals surface area contributed by atoms with Crippen molar-refractivity contribution in [1.82, 2.24) is 20.0 Å². The first-order valence-corrected chi connectivity index (χ1v) is 12.4. The van der Waals surface area contributed by atoms with Crippen molar-refractivity contribution >= 4 is 27.4 Å². The van der Waals surface area contributed by atoms with E-state index in [0.717, 1.165) is 41.8 Å². The summed E-state index contributed by atoms with van der Waals surface area (Å²) in [5, 5.41) is 10.3. The van der Waals surface area contributed by atoms with E-state index in [4.69, 9.17) is 4.84 Å². The molecule has 3 aliphatic rings. The Bertz CT molecular complexity index is 1160. The molecule has 0 unspecified atom stereocenters. The summed E-state index contributed by atoms with van der Waals surface area (Å²) >= 11 is 3.63. The molecule has 2 aromatic heterocycles. The lowest BCUT2D eigenvalue weighted by atomic mass is 9.93. The number of rotatable bonds is 4. The molecule has 3 fully saturated rings. The molecule has 0 atom stereocenters. The number of hydrogen-bond donors (Lipinski definition) is 0. The average Bonchev–Trinajstić information content (AvgIpc) is 3.41. The van der Waals surface area contributed by atoms with Crippen molar-refractivity contribution in [1.29, 1.82) is 0 Å². The number of pyridine rings is 1. The molecule has 1 aromatic carbocycles. The third-order valence-electron chi connectivity index (χ3n) is 7.13. The largest absolute Gasteiger partial charge is 0.370 e. The minimum absolute atomic E-state index is 0.202. The molecule has 33 heavy (non-hydrogen) atoms. The summed E-state index contributed by atoms with van der Waals surface area (Å²) < 4.78 is 17.3. The number of hydroxylamine groups is 1. The molecular weight excluding hydrogens is 487 g/mol. The Morgan fingerprint density at radius 2 is 1.79 bits per heavy atom. The molecule has 9 heteroatoms. The molecule has 1 spiro atoms. The molecule has 1 saturated carbocycles. The Balaban J connectivity index is 1.30. The van der Waals surface area contributed by atoms with Gasteiger partial charge in [0.25, 0.3) is 0 Å². The summed E-state index contributed by atoms with van der Waals surface area (Å²) in [5.41, 5.74) is 3.90. The third kappa shape index (κ3) is 4.12. The molecule has 172 valence electrons. The molecule has 0 bridgehead atoms. The third-order valence-corrected chi connectivity index (χ3v) is 7.62. The van der Waals surface area contributed by atoms with Crippen molar-refractivity contribution in [3.8, 4) is 17.1 Å². The Morgan fingerprint density at radius 3 is 2.55 bits per heavy atom. The van der Waals surface area contributed by atoms with E-state index in [1.807, 2.05) is 12.3 Å². The maximum Gasteiger partial charge on any atom is 0.189 e. The van der Waals surface area contributed by atoms with Gasteiger partial charge in [-0.05, 0) is 74.3 Å². The first-order valence-electron chi connectivity index (χ1n) is 11.6. The highest BCUT2D eigenvalue weighted by Crippen LogP contribution is 2.54. The minimum Gasteiger partial charge on any atom is -0.370 e. The van der Waals surface area contributed by atoms with Crippen LogP contribution in [-0.4, -0.2) is 46.2 Å². The number of halogens is 2. The van der Waals surface area contributed by atoms with E-state index in [1.54, 1.807) is 15.8 Å². The zero-order chi connectivity index (χ0) is 22.4. The summed E-state index contributed by atoms with van der Waals surface area (Å²) in [6, 6.07) is 9.29. The predicted molar refractivity (Wildman–Crippen MR) is 128 cm³/mol. The van der Waals surface area contributed by atoms with E-state index in [2.05, 4.69) is 48.3 Å². The molecular formula is C24H26BrFN6O. The Kier molecular flexibility index (Phi) is 5.33. The van der Waals surface area contributed by atoms with Gasteiger partial charge in [-0.25, -0.2) is 19.1 Å². The second kappa shape index (κ2) is 8.36. The van der Waals surface area contributed by atoms with Crippen molar-refractivity contribution in [3.05, 3.63) is 46.8 Å². The van der Waals surface area contributed by atoms with Crippen LogP contribution in [-0.2, 0) is 4.84 Å². The molecule has 4 heterocycles. The predicted octanol–water partition coefficient (Wildman–Crippen LogP) is 5.14. The van der Waals surface area contributed by atoms with Gasteiger partial charge in [0.2, 0.25) is 0 Å². The van der Waals surface area contributed by atoms with Gasteiger partial charge in [0.15, 0.2) is 11.6 Å². The lowest BCUT2D eigenvalue weighted by molar-refractivity contribution is 0.0746. The lowest BCUT2D eigenvalue weighted by Crippen LogP contribution is -2.35. The van der Waals surface area contributed by atoms with Gasteiger partial charge in [-0.2, -0.15) is 0 Å². The van der Waals surface area contributed by atoms with Gasteiger partial charge in [0, 0.05) is 24.1 Å². The van der Waals surface area contributed by atoms with E-state index in [9.17, 15) is 4.39 Å². The van der Waals surface area contributed by atoms with E-state index in [0.29, 0.717) is 30.0 Å². The normalized spacial score (nSPS) is 19.8. The van der Waals surface area contributed by atoms with Crippen LogP contribution in [0, 0.1) is 11.2 Å². The van der Waals surface area contributed by atoms with Gasteiger partial charge in [0.1, 0.15) is 5.69 Å². The van der Waals surface area contributed by atoms with Crippen LogP contribution in [0.2, 0.25) is 0 Å². The van der Waals surface area contributed by atoms with Crippen LogP contribution in [0.3, 0.4) is 0 Å². The smallest absolute Gasteiger partial charge is 0.189 e. The first kappa shape index (κ1) is 21.0. The quantitative estimate of drug-likeness (QED) is 0.482. The van der Waals surface area contributed by atoms with Crippen LogP contribution >= 0.6 is 15.9 Å². The van der Waals surface area contributed by atoms with Gasteiger partial charge in [-0.15, -0.1) is 5.10 Å². The maximum atomic E-state index is 14.5. The second-order valence-corrected chi connectivity index (χ2v) is 10.2. The highest BCUT2D eigenvalue weighted by Gasteiger charge is 2.44. The molecule has 7 nitrogen and oxygen atoms in total. The SMILES string of the molecule is Fc1ccc(-c2cn(-c3ccc(Br)cc3N3CCC4(CC3)CC4)nn2)nc1N1CCCCO1. The van der Waals surface area contributed by atoms with Gasteiger partial charge in [-0.1, -0.05) is 21.1 Å². The molecule has 2 aliphatic heterocycles. The first-order chi connectivity index (χ1) is 16.1.